The fourth-order valence-corrected chi connectivity index (χ4v) is 3.89. The summed E-state index contributed by atoms with van der Waals surface area (Å²) < 4.78 is 31.3. The van der Waals surface area contributed by atoms with Gasteiger partial charge in [-0.15, -0.1) is 10.2 Å². The lowest BCUT2D eigenvalue weighted by Crippen LogP contribution is -2.14. The number of aryl methyl sites for hydroxylation is 2. The molecule has 1 aromatic heterocycles. The van der Waals surface area contributed by atoms with Gasteiger partial charge in [0.25, 0.3) is 5.22 Å². The molecule has 0 radical (unpaired) electrons. The molecule has 2 N–H and O–H groups in total. The third kappa shape index (κ3) is 6.07. The van der Waals surface area contributed by atoms with E-state index in [4.69, 9.17) is 4.42 Å². The summed E-state index contributed by atoms with van der Waals surface area (Å²) in [5, 5.41) is 11.1. The van der Waals surface area contributed by atoms with E-state index in [0.29, 0.717) is 11.3 Å². The van der Waals surface area contributed by atoms with Crippen LogP contribution in [0.4, 0.5) is 11.4 Å². The van der Waals surface area contributed by atoms with Gasteiger partial charge in [0, 0.05) is 16.9 Å². The minimum absolute atomic E-state index is 0.00391. The first-order chi connectivity index (χ1) is 14.2. The van der Waals surface area contributed by atoms with Crippen LogP contribution >= 0.6 is 11.8 Å². The Labute approximate surface area is 179 Å². The summed E-state index contributed by atoms with van der Waals surface area (Å²) in [4.78, 5) is 12.2. The summed E-state index contributed by atoms with van der Waals surface area (Å²) in [6, 6.07) is 12.5. The van der Waals surface area contributed by atoms with Gasteiger partial charge in [0.2, 0.25) is 21.8 Å². The predicted molar refractivity (Wildman–Crippen MR) is 118 cm³/mol. The number of hydrogen-bond acceptors (Lipinski definition) is 7. The summed E-state index contributed by atoms with van der Waals surface area (Å²) in [5.74, 6) is 0.247. The molecule has 1 amide bonds. The molecule has 0 aliphatic heterocycles. The molecular weight excluding hydrogens is 424 g/mol. The van der Waals surface area contributed by atoms with Crippen molar-refractivity contribution in [2.45, 2.75) is 26.0 Å². The maximum atomic E-state index is 12.2. The Morgan fingerprint density at radius 1 is 1.03 bits per heavy atom. The van der Waals surface area contributed by atoms with Crippen molar-refractivity contribution in [3.63, 3.8) is 0 Å². The molecular formula is C20H22N4O4S2. The lowest BCUT2D eigenvalue weighted by atomic mass is 10.1. The number of amides is 1. The SMILES string of the molecule is CCS(=O)(=O)Nc1ccc(-c2nnc(SCC(=O)Nc3cc(C)cc(C)c3)o2)cc1. The number of sulfonamides is 1. The van der Waals surface area contributed by atoms with Crippen molar-refractivity contribution >= 4 is 39.1 Å². The summed E-state index contributed by atoms with van der Waals surface area (Å²) in [5.41, 5.74) is 4.01. The Bertz CT molecular complexity index is 1120. The minimum atomic E-state index is -3.33. The highest BCUT2D eigenvalue weighted by Gasteiger charge is 2.13. The van der Waals surface area contributed by atoms with Crippen LogP contribution in [0.3, 0.4) is 0 Å². The monoisotopic (exact) mass is 446 g/mol. The zero-order valence-electron chi connectivity index (χ0n) is 16.8. The van der Waals surface area contributed by atoms with Crippen LogP contribution < -0.4 is 10.0 Å². The van der Waals surface area contributed by atoms with Gasteiger partial charge >= 0.3 is 0 Å². The van der Waals surface area contributed by atoms with E-state index in [2.05, 4.69) is 20.2 Å². The molecule has 0 spiro atoms. The van der Waals surface area contributed by atoms with Crippen LogP contribution in [-0.4, -0.2) is 36.0 Å². The highest BCUT2D eigenvalue weighted by atomic mass is 32.2. The van der Waals surface area contributed by atoms with E-state index in [-0.39, 0.29) is 28.5 Å². The predicted octanol–water partition coefficient (Wildman–Crippen LogP) is 3.85. The Hall–Kier alpha value is -2.85. The number of benzene rings is 2. The first-order valence-electron chi connectivity index (χ1n) is 9.19. The summed E-state index contributed by atoms with van der Waals surface area (Å²) >= 11 is 1.14. The van der Waals surface area contributed by atoms with E-state index < -0.39 is 10.0 Å². The van der Waals surface area contributed by atoms with Crippen molar-refractivity contribution in [1.82, 2.24) is 10.2 Å². The Morgan fingerprint density at radius 3 is 2.33 bits per heavy atom. The maximum absolute atomic E-state index is 12.2. The molecule has 0 bridgehead atoms. The second-order valence-electron chi connectivity index (χ2n) is 6.67. The van der Waals surface area contributed by atoms with Crippen molar-refractivity contribution in [2.24, 2.45) is 0 Å². The molecule has 30 heavy (non-hydrogen) atoms. The van der Waals surface area contributed by atoms with Gasteiger partial charge in [-0.25, -0.2) is 8.42 Å². The Balaban J connectivity index is 1.57. The highest BCUT2D eigenvalue weighted by Crippen LogP contribution is 2.25. The van der Waals surface area contributed by atoms with Crippen LogP contribution in [0, 0.1) is 13.8 Å². The molecule has 8 nitrogen and oxygen atoms in total. The van der Waals surface area contributed by atoms with Gasteiger partial charge in [-0.1, -0.05) is 17.8 Å². The van der Waals surface area contributed by atoms with E-state index in [0.717, 1.165) is 28.6 Å². The Morgan fingerprint density at radius 2 is 1.70 bits per heavy atom. The van der Waals surface area contributed by atoms with Gasteiger partial charge < -0.3 is 9.73 Å². The number of carbonyl (C=O) groups is 1. The number of hydrogen-bond donors (Lipinski definition) is 2. The normalized spacial score (nSPS) is 11.3. The molecule has 0 unspecified atom stereocenters. The molecule has 0 fully saturated rings. The second-order valence-corrected chi connectivity index (χ2v) is 9.61. The van der Waals surface area contributed by atoms with Gasteiger partial charge in [0.1, 0.15) is 0 Å². The second kappa shape index (κ2) is 9.31. The first-order valence-corrected chi connectivity index (χ1v) is 11.8. The fourth-order valence-electron chi connectivity index (χ4n) is 2.69. The molecule has 158 valence electrons. The minimum Gasteiger partial charge on any atom is -0.411 e. The molecule has 1 heterocycles. The van der Waals surface area contributed by atoms with Crippen molar-refractivity contribution in [3.8, 4) is 11.5 Å². The number of nitrogens with zero attached hydrogens (tertiary/aromatic N) is 2. The van der Waals surface area contributed by atoms with E-state index in [1.165, 1.54) is 0 Å². The van der Waals surface area contributed by atoms with Gasteiger partial charge in [0.05, 0.1) is 11.5 Å². The highest BCUT2D eigenvalue weighted by molar-refractivity contribution is 7.99. The maximum Gasteiger partial charge on any atom is 0.277 e. The van der Waals surface area contributed by atoms with E-state index >= 15 is 0 Å². The van der Waals surface area contributed by atoms with Gasteiger partial charge in [-0.05, 0) is 68.3 Å². The topological polar surface area (TPSA) is 114 Å². The van der Waals surface area contributed by atoms with Crippen molar-refractivity contribution < 1.29 is 17.6 Å². The number of thioether (sulfide) groups is 1. The molecule has 0 aliphatic rings. The molecule has 0 saturated heterocycles. The van der Waals surface area contributed by atoms with E-state index in [1.807, 2.05) is 32.0 Å². The van der Waals surface area contributed by atoms with Crippen LogP contribution in [0.15, 0.2) is 52.1 Å². The average molecular weight is 447 g/mol. The largest absolute Gasteiger partial charge is 0.411 e. The van der Waals surface area contributed by atoms with Crippen LogP contribution in [0.2, 0.25) is 0 Å². The summed E-state index contributed by atoms with van der Waals surface area (Å²) in [6.07, 6.45) is 0. The average Bonchev–Trinajstić information content (AvgIpc) is 3.15. The smallest absolute Gasteiger partial charge is 0.277 e. The number of anilines is 2. The molecule has 0 saturated carbocycles. The third-order valence-corrected chi connectivity index (χ3v) is 6.15. The third-order valence-electron chi connectivity index (χ3n) is 4.02. The summed E-state index contributed by atoms with van der Waals surface area (Å²) in [6.45, 7) is 5.52. The molecule has 3 rings (SSSR count). The lowest BCUT2D eigenvalue weighted by Gasteiger charge is -2.06. The zero-order chi connectivity index (χ0) is 21.7. The number of carbonyl (C=O) groups excluding carboxylic acids is 1. The zero-order valence-corrected chi connectivity index (χ0v) is 18.4. The molecule has 0 aliphatic carbocycles. The summed E-state index contributed by atoms with van der Waals surface area (Å²) in [7, 11) is -3.33. The molecule has 3 aromatic rings. The van der Waals surface area contributed by atoms with Gasteiger partial charge in [0.15, 0.2) is 0 Å². The molecule has 2 aromatic carbocycles. The van der Waals surface area contributed by atoms with Gasteiger partial charge in [-0.2, -0.15) is 0 Å². The van der Waals surface area contributed by atoms with Crippen LogP contribution in [0.25, 0.3) is 11.5 Å². The van der Waals surface area contributed by atoms with E-state index in [1.54, 1.807) is 31.2 Å². The van der Waals surface area contributed by atoms with E-state index in [9.17, 15) is 13.2 Å². The number of rotatable bonds is 8. The quantitative estimate of drug-likeness (QED) is 0.505. The molecule has 10 heteroatoms. The first kappa shape index (κ1) is 21.8. The van der Waals surface area contributed by atoms with Crippen molar-refractivity contribution in [1.29, 1.82) is 0 Å². The lowest BCUT2D eigenvalue weighted by molar-refractivity contribution is -0.113. The van der Waals surface area contributed by atoms with Crippen molar-refractivity contribution in [3.05, 3.63) is 53.6 Å². The number of aromatic nitrogens is 2. The Kier molecular flexibility index (Phi) is 6.78. The fraction of sp³-hybridized carbons (Fsp3) is 0.250. The van der Waals surface area contributed by atoms with Crippen molar-refractivity contribution in [2.75, 3.05) is 21.5 Å². The number of nitrogens with one attached hydrogen (secondary N) is 2. The van der Waals surface area contributed by atoms with Crippen LogP contribution in [0.1, 0.15) is 18.1 Å². The van der Waals surface area contributed by atoms with Crippen LogP contribution in [-0.2, 0) is 14.8 Å². The standard InChI is InChI=1S/C20H22N4O4S2/c1-4-30(26,27)24-16-7-5-15(6-8-16)19-22-23-20(28-19)29-12-18(25)21-17-10-13(2)9-14(3)11-17/h5-11,24H,4,12H2,1-3H3,(H,21,25). The van der Waals surface area contributed by atoms with Gasteiger partial charge in [-0.3, -0.25) is 9.52 Å². The molecule has 0 atom stereocenters. The van der Waals surface area contributed by atoms with Crippen LogP contribution in [0.5, 0.6) is 0 Å².